The Morgan fingerprint density at radius 2 is 2.06 bits per heavy atom. The highest BCUT2D eigenvalue weighted by molar-refractivity contribution is 7.85. The lowest BCUT2D eigenvalue weighted by atomic mass is 9.96. The van der Waals surface area contributed by atoms with E-state index >= 15 is 0 Å². The molecule has 3 aromatic rings. The smallest absolute Gasteiger partial charge is 0.362 e. The van der Waals surface area contributed by atoms with Crippen molar-refractivity contribution in [1.29, 1.82) is 0 Å². The van der Waals surface area contributed by atoms with E-state index in [9.17, 15) is 23.4 Å². The third-order valence-electron chi connectivity index (χ3n) is 5.13. The Hall–Kier alpha value is -3.37. The quantitative estimate of drug-likeness (QED) is 0.236. The molecule has 1 saturated heterocycles. The van der Waals surface area contributed by atoms with Crippen molar-refractivity contribution in [3.63, 3.8) is 0 Å². The Bertz CT molecular complexity index is 1300. The molecule has 0 spiro atoms. The summed E-state index contributed by atoms with van der Waals surface area (Å²) in [5.74, 6) is -0.824. The predicted molar refractivity (Wildman–Crippen MR) is 114 cm³/mol. The van der Waals surface area contributed by atoms with Crippen LogP contribution in [0.5, 0.6) is 0 Å². The summed E-state index contributed by atoms with van der Waals surface area (Å²) in [6, 6.07) is 5.90. The van der Waals surface area contributed by atoms with Crippen molar-refractivity contribution >= 4 is 38.9 Å². The van der Waals surface area contributed by atoms with Crippen LogP contribution in [0, 0.1) is 0 Å². The van der Waals surface area contributed by atoms with Gasteiger partial charge in [-0.3, -0.25) is 8.98 Å². The number of aliphatic hydroxyl groups excluding tert-OH is 1. The zero-order valence-electron chi connectivity index (χ0n) is 17.0. The number of hydrogen-bond donors (Lipinski definition) is 5. The van der Waals surface area contributed by atoms with E-state index in [1.807, 2.05) is 0 Å². The molecular weight excluding hydrogens is 458 g/mol. The van der Waals surface area contributed by atoms with Gasteiger partial charge < -0.3 is 31.0 Å². The number of aliphatic hydroxyl groups is 2. The van der Waals surface area contributed by atoms with Crippen LogP contribution in [0.2, 0.25) is 0 Å². The van der Waals surface area contributed by atoms with Crippen molar-refractivity contribution in [3.05, 3.63) is 42.5 Å². The normalized spacial score (nSPS) is 23.1. The summed E-state index contributed by atoms with van der Waals surface area (Å²) < 4.78 is 37.6. The number of nitrogen functional groups attached to an aromatic ring is 2. The Labute approximate surface area is 187 Å². The average molecular weight is 479 g/mol. The number of fused-ring (bicyclic) bond motifs is 1. The Balaban J connectivity index is 1.39. The molecule has 1 amide bonds. The monoisotopic (exact) mass is 479 g/mol. The van der Waals surface area contributed by atoms with Crippen molar-refractivity contribution in [2.24, 2.45) is 0 Å². The van der Waals surface area contributed by atoms with Crippen LogP contribution >= 0.6 is 0 Å². The molecule has 0 bridgehead atoms. The fourth-order valence-electron chi connectivity index (χ4n) is 3.42. The maximum absolute atomic E-state index is 12.2. The largest absolute Gasteiger partial charge is 0.398 e. The molecule has 1 aromatic carbocycles. The van der Waals surface area contributed by atoms with Crippen molar-refractivity contribution < 1.29 is 32.3 Å². The highest BCUT2D eigenvalue weighted by Crippen LogP contribution is 2.28. The van der Waals surface area contributed by atoms with Gasteiger partial charge >= 0.3 is 10.3 Å². The van der Waals surface area contributed by atoms with Crippen LogP contribution in [-0.4, -0.2) is 75.1 Å². The summed E-state index contributed by atoms with van der Waals surface area (Å²) in [4.78, 5) is 24.1. The highest BCUT2D eigenvalue weighted by atomic mass is 32.2. The predicted octanol–water partition coefficient (Wildman–Crippen LogP) is -1.83. The van der Waals surface area contributed by atoms with Crippen LogP contribution in [0.25, 0.3) is 11.2 Å². The molecule has 14 nitrogen and oxygen atoms in total. The molecule has 7 N–H and O–H groups in total. The first-order valence-corrected chi connectivity index (χ1v) is 11.0. The fourth-order valence-corrected chi connectivity index (χ4v) is 4.13. The van der Waals surface area contributed by atoms with Crippen molar-refractivity contribution in [2.45, 2.75) is 24.4 Å². The molecule has 1 aliphatic rings. The van der Waals surface area contributed by atoms with Gasteiger partial charge in [0.15, 0.2) is 11.5 Å². The SMILES string of the molecule is Nc1ccccc1C(=O)NS(=O)(=O)OC[C@H]1OC[C@](O)(Cn2cnc3c(N)ncnc32)[C@@H]1O. The van der Waals surface area contributed by atoms with Gasteiger partial charge in [0.1, 0.15) is 29.7 Å². The van der Waals surface area contributed by atoms with E-state index in [2.05, 4.69) is 15.0 Å². The number of aromatic nitrogens is 4. The molecule has 3 heterocycles. The lowest BCUT2D eigenvalue weighted by Crippen LogP contribution is -2.48. The number of nitrogens with one attached hydrogen (secondary N) is 1. The number of nitrogens with zero attached hydrogens (tertiary/aromatic N) is 4. The first-order chi connectivity index (χ1) is 15.6. The number of imidazole rings is 1. The Morgan fingerprint density at radius 1 is 1.30 bits per heavy atom. The molecule has 15 heteroatoms. The number of carbonyl (C=O) groups is 1. The van der Waals surface area contributed by atoms with Crippen LogP contribution < -0.4 is 16.2 Å². The van der Waals surface area contributed by atoms with Crippen molar-refractivity contribution in [1.82, 2.24) is 24.2 Å². The molecule has 33 heavy (non-hydrogen) atoms. The van der Waals surface area contributed by atoms with E-state index in [-0.39, 0.29) is 30.2 Å². The number of carbonyl (C=O) groups excluding carboxylic acids is 1. The van der Waals surface area contributed by atoms with Crippen LogP contribution in [0.1, 0.15) is 10.4 Å². The van der Waals surface area contributed by atoms with Crippen LogP contribution in [0.15, 0.2) is 36.9 Å². The van der Waals surface area contributed by atoms with Gasteiger partial charge in [0.05, 0.1) is 31.6 Å². The minimum atomic E-state index is -4.55. The molecule has 176 valence electrons. The number of hydrogen-bond acceptors (Lipinski definition) is 12. The number of anilines is 2. The molecule has 1 fully saturated rings. The lowest BCUT2D eigenvalue weighted by molar-refractivity contribution is -0.0632. The highest BCUT2D eigenvalue weighted by Gasteiger charge is 2.49. The van der Waals surface area contributed by atoms with E-state index in [1.54, 1.807) is 10.8 Å². The molecule has 2 aromatic heterocycles. The Kier molecular flexibility index (Phi) is 5.89. The first-order valence-electron chi connectivity index (χ1n) is 9.59. The summed E-state index contributed by atoms with van der Waals surface area (Å²) in [7, 11) is -4.55. The van der Waals surface area contributed by atoms with Gasteiger partial charge in [-0.1, -0.05) is 12.1 Å². The number of nitrogens with two attached hydrogens (primary N) is 2. The standard InChI is InChI=1S/C18H21N7O7S/c19-11-4-2-1-3-10(11)17(27)24-33(29,30)32-5-12-14(26)18(28,7-31-12)6-25-9-23-13-15(20)21-8-22-16(13)25/h1-4,8-9,12,14,26,28H,5-7,19H2,(H,24,27)(H2,20,21,22)/t12-,14-,18-/m1/s1. The van der Waals surface area contributed by atoms with Crippen LogP contribution in [0.3, 0.4) is 0 Å². The molecule has 0 unspecified atom stereocenters. The number of benzene rings is 1. The number of ether oxygens (including phenoxy) is 1. The second-order valence-corrected chi connectivity index (χ2v) is 8.81. The van der Waals surface area contributed by atoms with Gasteiger partial charge in [-0.05, 0) is 12.1 Å². The van der Waals surface area contributed by atoms with Gasteiger partial charge in [-0.2, -0.15) is 8.42 Å². The second kappa shape index (κ2) is 8.53. The summed E-state index contributed by atoms with van der Waals surface area (Å²) >= 11 is 0. The zero-order chi connectivity index (χ0) is 23.8. The summed E-state index contributed by atoms with van der Waals surface area (Å²) in [5, 5.41) is 21.5. The summed E-state index contributed by atoms with van der Waals surface area (Å²) in [5.41, 5.74) is 10.3. The van der Waals surface area contributed by atoms with Crippen LogP contribution in [0.4, 0.5) is 11.5 Å². The van der Waals surface area contributed by atoms with Gasteiger partial charge in [0.2, 0.25) is 0 Å². The Morgan fingerprint density at radius 3 is 2.82 bits per heavy atom. The van der Waals surface area contributed by atoms with E-state index in [0.717, 1.165) is 0 Å². The molecule has 1 aliphatic heterocycles. The van der Waals surface area contributed by atoms with Crippen LogP contribution in [-0.2, 0) is 25.8 Å². The molecule has 3 atom stereocenters. The van der Waals surface area contributed by atoms with Gasteiger partial charge in [-0.25, -0.2) is 19.7 Å². The van der Waals surface area contributed by atoms with Gasteiger partial charge in [-0.15, -0.1) is 0 Å². The lowest BCUT2D eigenvalue weighted by Gasteiger charge is -2.26. The number of amides is 1. The first kappa shape index (κ1) is 22.8. The second-order valence-electron chi connectivity index (χ2n) is 7.46. The number of para-hydroxylation sites is 1. The zero-order valence-corrected chi connectivity index (χ0v) is 17.8. The maximum atomic E-state index is 12.2. The maximum Gasteiger partial charge on any atom is 0.362 e. The topological polar surface area (TPSA) is 218 Å². The summed E-state index contributed by atoms with van der Waals surface area (Å²) in [6.45, 7) is -1.15. The molecule has 4 rings (SSSR count). The minimum absolute atomic E-state index is 0.0480. The molecular formula is C18H21N7O7S. The van der Waals surface area contributed by atoms with E-state index in [4.69, 9.17) is 20.4 Å². The fraction of sp³-hybridized carbons (Fsp3) is 0.333. The average Bonchev–Trinajstić information content (AvgIpc) is 3.29. The third kappa shape index (κ3) is 4.57. The van der Waals surface area contributed by atoms with Crippen molar-refractivity contribution in [2.75, 3.05) is 24.7 Å². The number of rotatable bonds is 7. The van der Waals surface area contributed by atoms with E-state index in [0.29, 0.717) is 11.2 Å². The van der Waals surface area contributed by atoms with Gasteiger partial charge in [0, 0.05) is 5.69 Å². The minimum Gasteiger partial charge on any atom is -0.398 e. The van der Waals surface area contributed by atoms with E-state index < -0.39 is 40.6 Å². The van der Waals surface area contributed by atoms with Gasteiger partial charge in [0.25, 0.3) is 5.91 Å². The summed E-state index contributed by atoms with van der Waals surface area (Å²) in [6.07, 6.45) is -0.109. The molecule has 0 radical (unpaired) electrons. The van der Waals surface area contributed by atoms with Crippen molar-refractivity contribution in [3.8, 4) is 0 Å². The molecule has 0 aliphatic carbocycles. The van der Waals surface area contributed by atoms with E-state index in [1.165, 1.54) is 35.4 Å². The molecule has 0 saturated carbocycles. The third-order valence-corrected chi connectivity index (χ3v) is 6.02.